The van der Waals surface area contributed by atoms with Gasteiger partial charge in [-0.25, -0.2) is 0 Å². The van der Waals surface area contributed by atoms with Gasteiger partial charge in [0.15, 0.2) is 0 Å². The molecule has 1 rings (SSSR count). The van der Waals surface area contributed by atoms with Crippen molar-refractivity contribution < 1.29 is 4.79 Å². The summed E-state index contributed by atoms with van der Waals surface area (Å²) in [6.45, 7) is 3.99. The van der Waals surface area contributed by atoms with Crippen LogP contribution in [0.5, 0.6) is 0 Å². The molecule has 1 amide bonds. The molecule has 0 aliphatic heterocycles. The third-order valence-electron chi connectivity index (χ3n) is 2.17. The van der Waals surface area contributed by atoms with E-state index in [1.54, 1.807) is 4.90 Å². The first-order valence-corrected chi connectivity index (χ1v) is 5.34. The molecule has 0 saturated heterocycles. The Kier molecular flexibility index (Phi) is 3.69. The summed E-state index contributed by atoms with van der Waals surface area (Å²) in [5.41, 5.74) is 0.718. The fourth-order valence-corrected chi connectivity index (χ4v) is 1.46. The molecule has 76 valence electrons. The number of halogens is 1. The number of amides is 1. The molecule has 0 bridgehead atoms. The summed E-state index contributed by atoms with van der Waals surface area (Å²) >= 11 is 3.35. The van der Waals surface area contributed by atoms with Crippen LogP contribution in [-0.2, 0) is 0 Å². The third kappa shape index (κ3) is 2.58. The molecule has 14 heavy (non-hydrogen) atoms. The normalized spacial score (nSPS) is 10.4. The molecule has 1 aromatic carbocycles. The van der Waals surface area contributed by atoms with Crippen LogP contribution >= 0.6 is 15.9 Å². The fourth-order valence-electron chi connectivity index (χ4n) is 1.06. The van der Waals surface area contributed by atoms with E-state index < -0.39 is 0 Å². The standard InChI is InChI=1S/C11H14BrNO/c1-8(2)13(3)11(14)9-5-4-6-10(12)7-9/h4-8H,1-3H3. The van der Waals surface area contributed by atoms with Crippen LogP contribution < -0.4 is 0 Å². The zero-order valence-corrected chi connectivity index (χ0v) is 10.2. The van der Waals surface area contributed by atoms with Crippen LogP contribution in [0.1, 0.15) is 24.2 Å². The lowest BCUT2D eigenvalue weighted by molar-refractivity contribution is 0.0755. The van der Waals surface area contributed by atoms with Gasteiger partial charge in [-0.3, -0.25) is 4.79 Å². The highest BCUT2D eigenvalue weighted by molar-refractivity contribution is 9.10. The Hall–Kier alpha value is -0.830. The molecule has 0 aromatic heterocycles. The minimum absolute atomic E-state index is 0.0568. The summed E-state index contributed by atoms with van der Waals surface area (Å²) in [4.78, 5) is 13.6. The number of carbonyl (C=O) groups is 1. The predicted octanol–water partition coefficient (Wildman–Crippen LogP) is 2.93. The molecule has 0 radical (unpaired) electrons. The largest absolute Gasteiger partial charge is 0.339 e. The quantitative estimate of drug-likeness (QED) is 0.796. The smallest absolute Gasteiger partial charge is 0.253 e. The monoisotopic (exact) mass is 255 g/mol. The molecule has 0 saturated carbocycles. The summed E-state index contributed by atoms with van der Waals surface area (Å²) in [6.07, 6.45) is 0. The topological polar surface area (TPSA) is 20.3 Å². The van der Waals surface area contributed by atoms with Gasteiger partial charge >= 0.3 is 0 Å². The maximum absolute atomic E-state index is 11.8. The minimum atomic E-state index is 0.0568. The van der Waals surface area contributed by atoms with E-state index in [2.05, 4.69) is 15.9 Å². The Morgan fingerprint density at radius 2 is 2.07 bits per heavy atom. The first kappa shape index (κ1) is 11.2. The van der Waals surface area contributed by atoms with E-state index in [9.17, 15) is 4.79 Å². The van der Waals surface area contributed by atoms with Crippen LogP contribution in [-0.4, -0.2) is 23.9 Å². The van der Waals surface area contributed by atoms with Crippen molar-refractivity contribution in [3.05, 3.63) is 34.3 Å². The van der Waals surface area contributed by atoms with Crippen molar-refractivity contribution in [2.75, 3.05) is 7.05 Å². The summed E-state index contributed by atoms with van der Waals surface area (Å²) in [5.74, 6) is 0.0568. The Morgan fingerprint density at radius 3 is 2.57 bits per heavy atom. The van der Waals surface area contributed by atoms with Gasteiger partial charge in [-0.15, -0.1) is 0 Å². The summed E-state index contributed by atoms with van der Waals surface area (Å²) in [6, 6.07) is 7.66. The molecule has 0 atom stereocenters. The molecule has 0 heterocycles. The Balaban J connectivity index is 2.89. The van der Waals surface area contributed by atoms with E-state index in [0.29, 0.717) is 0 Å². The predicted molar refractivity (Wildman–Crippen MR) is 61.4 cm³/mol. The van der Waals surface area contributed by atoms with E-state index in [1.165, 1.54) is 0 Å². The van der Waals surface area contributed by atoms with Gasteiger partial charge in [0.1, 0.15) is 0 Å². The van der Waals surface area contributed by atoms with Crippen LogP contribution in [0, 0.1) is 0 Å². The van der Waals surface area contributed by atoms with Gasteiger partial charge in [-0.1, -0.05) is 22.0 Å². The van der Waals surface area contributed by atoms with E-state index in [-0.39, 0.29) is 11.9 Å². The molecule has 0 fully saturated rings. The van der Waals surface area contributed by atoms with Crippen LogP contribution in [0.3, 0.4) is 0 Å². The first-order chi connectivity index (χ1) is 6.52. The second kappa shape index (κ2) is 4.60. The van der Waals surface area contributed by atoms with Gasteiger partial charge in [-0.2, -0.15) is 0 Å². The summed E-state index contributed by atoms with van der Waals surface area (Å²) in [5, 5.41) is 0. The highest BCUT2D eigenvalue weighted by atomic mass is 79.9. The molecular weight excluding hydrogens is 242 g/mol. The van der Waals surface area contributed by atoms with Crippen LogP contribution in [0.4, 0.5) is 0 Å². The molecule has 0 unspecified atom stereocenters. The van der Waals surface area contributed by atoms with Gasteiger partial charge in [0.05, 0.1) is 0 Å². The Bertz CT molecular complexity index is 336. The van der Waals surface area contributed by atoms with Gasteiger partial charge in [0.25, 0.3) is 5.91 Å². The van der Waals surface area contributed by atoms with Gasteiger partial charge in [0, 0.05) is 23.1 Å². The molecule has 0 N–H and O–H groups in total. The average molecular weight is 256 g/mol. The highest BCUT2D eigenvalue weighted by Gasteiger charge is 2.13. The Morgan fingerprint density at radius 1 is 1.43 bits per heavy atom. The number of nitrogens with zero attached hydrogens (tertiary/aromatic N) is 1. The van der Waals surface area contributed by atoms with Gasteiger partial charge in [0.2, 0.25) is 0 Å². The lowest BCUT2D eigenvalue weighted by atomic mass is 10.2. The van der Waals surface area contributed by atoms with Crippen molar-refractivity contribution in [3.63, 3.8) is 0 Å². The minimum Gasteiger partial charge on any atom is -0.339 e. The van der Waals surface area contributed by atoms with E-state index >= 15 is 0 Å². The van der Waals surface area contributed by atoms with Crippen molar-refractivity contribution in [2.24, 2.45) is 0 Å². The van der Waals surface area contributed by atoms with Crippen molar-refractivity contribution in [1.82, 2.24) is 4.90 Å². The average Bonchev–Trinajstić information content (AvgIpc) is 2.15. The SMILES string of the molecule is CC(C)N(C)C(=O)c1cccc(Br)c1. The summed E-state index contributed by atoms with van der Waals surface area (Å²) in [7, 11) is 1.81. The number of hydrogen-bond donors (Lipinski definition) is 0. The zero-order chi connectivity index (χ0) is 10.7. The molecule has 1 aromatic rings. The van der Waals surface area contributed by atoms with Crippen molar-refractivity contribution in [1.29, 1.82) is 0 Å². The van der Waals surface area contributed by atoms with Crippen LogP contribution in [0.25, 0.3) is 0 Å². The zero-order valence-electron chi connectivity index (χ0n) is 8.62. The number of benzene rings is 1. The molecule has 2 nitrogen and oxygen atoms in total. The first-order valence-electron chi connectivity index (χ1n) is 4.55. The number of carbonyl (C=O) groups excluding carboxylic acids is 1. The van der Waals surface area contributed by atoms with E-state index in [4.69, 9.17) is 0 Å². The highest BCUT2D eigenvalue weighted by Crippen LogP contribution is 2.13. The number of rotatable bonds is 2. The number of hydrogen-bond acceptors (Lipinski definition) is 1. The Labute approximate surface area is 93.0 Å². The second-order valence-corrected chi connectivity index (χ2v) is 4.44. The van der Waals surface area contributed by atoms with E-state index in [1.807, 2.05) is 45.2 Å². The lowest BCUT2D eigenvalue weighted by Gasteiger charge is -2.21. The van der Waals surface area contributed by atoms with Crippen LogP contribution in [0.15, 0.2) is 28.7 Å². The molecule has 0 aliphatic carbocycles. The maximum Gasteiger partial charge on any atom is 0.253 e. The van der Waals surface area contributed by atoms with Crippen molar-refractivity contribution in [2.45, 2.75) is 19.9 Å². The van der Waals surface area contributed by atoms with Crippen LogP contribution in [0.2, 0.25) is 0 Å². The molecule has 3 heteroatoms. The fraction of sp³-hybridized carbons (Fsp3) is 0.364. The third-order valence-corrected chi connectivity index (χ3v) is 2.66. The second-order valence-electron chi connectivity index (χ2n) is 3.52. The lowest BCUT2D eigenvalue weighted by Crippen LogP contribution is -2.32. The van der Waals surface area contributed by atoms with Gasteiger partial charge < -0.3 is 4.90 Å². The molecular formula is C11H14BrNO. The summed E-state index contributed by atoms with van der Waals surface area (Å²) < 4.78 is 0.931. The van der Waals surface area contributed by atoms with Crippen molar-refractivity contribution in [3.8, 4) is 0 Å². The maximum atomic E-state index is 11.8. The van der Waals surface area contributed by atoms with E-state index in [0.717, 1.165) is 10.0 Å². The van der Waals surface area contributed by atoms with Crippen molar-refractivity contribution >= 4 is 21.8 Å². The van der Waals surface area contributed by atoms with Gasteiger partial charge in [-0.05, 0) is 32.0 Å². The molecule has 0 aliphatic rings. The molecule has 0 spiro atoms.